The van der Waals surface area contributed by atoms with Crippen molar-refractivity contribution in [3.8, 4) is 5.13 Å². The lowest BCUT2D eigenvalue weighted by atomic mass is 10.1. The van der Waals surface area contributed by atoms with Crippen LogP contribution >= 0.6 is 22.7 Å². The average molecular weight is 388 g/mol. The number of nitrogens with zero attached hydrogens (tertiary/aromatic N) is 3. The van der Waals surface area contributed by atoms with Gasteiger partial charge >= 0.3 is 4.87 Å². The zero-order chi connectivity index (χ0) is 18.3. The molecule has 0 saturated carbocycles. The Bertz CT molecular complexity index is 1010. The molecule has 3 aromatic heterocycles. The Morgan fingerprint density at radius 3 is 2.81 bits per heavy atom. The molecule has 0 aliphatic heterocycles. The monoisotopic (exact) mass is 387 g/mol. The summed E-state index contributed by atoms with van der Waals surface area (Å²) in [5.74, 6) is -0.00662. The molecule has 0 fully saturated rings. The number of rotatable bonds is 4. The lowest BCUT2D eigenvalue weighted by Gasteiger charge is -2.08. The normalized spacial score (nSPS) is 14.2. The van der Waals surface area contributed by atoms with E-state index in [0.717, 1.165) is 47.9 Å². The van der Waals surface area contributed by atoms with E-state index in [2.05, 4.69) is 4.98 Å². The number of ketones is 1. The molecule has 0 aromatic carbocycles. The van der Waals surface area contributed by atoms with Crippen molar-refractivity contribution in [2.24, 2.45) is 0 Å². The van der Waals surface area contributed by atoms with Gasteiger partial charge in [0, 0.05) is 39.1 Å². The molecule has 1 aliphatic rings. The molecule has 26 heavy (non-hydrogen) atoms. The number of carbonyl (C=O) groups excluding carboxylic acids is 1. The molecule has 0 radical (unpaired) electrons. The third-order valence-electron chi connectivity index (χ3n) is 5.04. The van der Waals surface area contributed by atoms with Crippen LogP contribution in [0.25, 0.3) is 5.13 Å². The number of thiazole rings is 2. The number of aryl methyl sites for hydroxylation is 2. The average Bonchev–Trinajstić information content (AvgIpc) is 3.24. The summed E-state index contributed by atoms with van der Waals surface area (Å²) in [5, 5.41) is 2.79. The van der Waals surface area contributed by atoms with Crippen LogP contribution in [0.15, 0.2) is 22.4 Å². The molecule has 4 rings (SSSR count). The van der Waals surface area contributed by atoms with Crippen LogP contribution in [0.5, 0.6) is 0 Å². The van der Waals surface area contributed by atoms with Crippen molar-refractivity contribution in [1.82, 2.24) is 14.1 Å². The number of hydrogen-bond acceptors (Lipinski definition) is 5. The number of aromatic nitrogens is 3. The first-order valence-corrected chi connectivity index (χ1v) is 10.6. The van der Waals surface area contributed by atoms with Crippen LogP contribution in [-0.4, -0.2) is 19.9 Å². The van der Waals surface area contributed by atoms with Gasteiger partial charge in [-0.3, -0.25) is 18.7 Å². The van der Waals surface area contributed by atoms with Crippen molar-refractivity contribution < 1.29 is 4.79 Å². The molecule has 0 spiro atoms. The molecule has 7 heteroatoms. The van der Waals surface area contributed by atoms with Gasteiger partial charge in [0.05, 0.1) is 6.54 Å². The van der Waals surface area contributed by atoms with E-state index in [1.54, 1.807) is 22.1 Å². The number of carbonyl (C=O) groups is 1. The minimum atomic E-state index is -0.00662. The van der Waals surface area contributed by atoms with E-state index in [1.165, 1.54) is 22.6 Å². The van der Waals surface area contributed by atoms with E-state index in [1.807, 2.05) is 29.9 Å². The van der Waals surface area contributed by atoms with Crippen molar-refractivity contribution >= 4 is 28.5 Å². The number of Topliss-reactive ketones (excluding diaryl/α,β-unsaturated/α-hetero) is 1. The van der Waals surface area contributed by atoms with E-state index in [-0.39, 0.29) is 17.2 Å². The maximum absolute atomic E-state index is 13.0. The van der Waals surface area contributed by atoms with Crippen molar-refractivity contribution in [3.63, 3.8) is 0 Å². The third kappa shape index (κ3) is 2.99. The lowest BCUT2D eigenvalue weighted by Crippen LogP contribution is -2.22. The molecular weight excluding hydrogens is 366 g/mol. The van der Waals surface area contributed by atoms with E-state index >= 15 is 0 Å². The topological polar surface area (TPSA) is 56.9 Å². The molecule has 0 bridgehead atoms. The summed E-state index contributed by atoms with van der Waals surface area (Å²) in [6.45, 7) is 4.05. The van der Waals surface area contributed by atoms with Gasteiger partial charge in [0.2, 0.25) is 0 Å². The first-order valence-electron chi connectivity index (χ1n) is 8.89. The fourth-order valence-electron chi connectivity index (χ4n) is 3.76. The van der Waals surface area contributed by atoms with Crippen molar-refractivity contribution in [2.75, 3.05) is 0 Å². The predicted octanol–water partition coefficient (Wildman–Crippen LogP) is 3.93. The highest BCUT2D eigenvalue weighted by molar-refractivity contribution is 7.12. The second-order valence-corrected chi connectivity index (χ2v) is 8.66. The molecule has 0 saturated heterocycles. The second-order valence-electron chi connectivity index (χ2n) is 6.74. The molecule has 3 heterocycles. The van der Waals surface area contributed by atoms with Crippen molar-refractivity contribution in [1.29, 1.82) is 0 Å². The van der Waals surface area contributed by atoms with Gasteiger partial charge in [-0.05, 0) is 45.6 Å². The summed E-state index contributed by atoms with van der Waals surface area (Å²) in [6, 6.07) is 1.91. The Balaban J connectivity index is 1.67. The Hall–Kier alpha value is -1.99. The van der Waals surface area contributed by atoms with E-state index in [0.29, 0.717) is 5.56 Å². The summed E-state index contributed by atoms with van der Waals surface area (Å²) < 4.78 is 3.72. The highest BCUT2D eigenvalue weighted by Crippen LogP contribution is 2.25. The van der Waals surface area contributed by atoms with Crippen LogP contribution in [-0.2, 0) is 19.4 Å². The summed E-state index contributed by atoms with van der Waals surface area (Å²) >= 11 is 2.86. The number of fused-ring (bicyclic) bond motifs is 1. The van der Waals surface area contributed by atoms with Crippen LogP contribution in [0.3, 0.4) is 0 Å². The maximum atomic E-state index is 13.0. The molecule has 5 nitrogen and oxygen atoms in total. The number of hydrogen-bond donors (Lipinski definition) is 0. The van der Waals surface area contributed by atoms with Gasteiger partial charge < -0.3 is 0 Å². The summed E-state index contributed by atoms with van der Waals surface area (Å²) in [4.78, 5) is 31.0. The second kappa shape index (κ2) is 6.96. The Kier molecular flexibility index (Phi) is 4.67. The molecule has 0 N–H and O–H groups in total. The molecule has 1 aliphatic carbocycles. The van der Waals surface area contributed by atoms with Crippen molar-refractivity contribution in [2.45, 2.75) is 52.5 Å². The van der Waals surface area contributed by atoms with Crippen LogP contribution in [0, 0.1) is 13.8 Å². The highest BCUT2D eigenvalue weighted by Gasteiger charge is 2.22. The van der Waals surface area contributed by atoms with E-state index in [9.17, 15) is 9.59 Å². The van der Waals surface area contributed by atoms with Gasteiger partial charge in [0.1, 0.15) is 0 Å². The first kappa shape index (κ1) is 17.4. The van der Waals surface area contributed by atoms with E-state index in [4.69, 9.17) is 0 Å². The molecular formula is C19H21N3O2S2. The van der Waals surface area contributed by atoms with Crippen LogP contribution in [0.2, 0.25) is 0 Å². The largest absolute Gasteiger partial charge is 0.307 e. The van der Waals surface area contributed by atoms with Crippen LogP contribution in [0.4, 0.5) is 0 Å². The smallest absolute Gasteiger partial charge is 0.295 e. The quantitative estimate of drug-likeness (QED) is 0.503. The molecule has 0 unspecified atom stereocenters. The van der Waals surface area contributed by atoms with Gasteiger partial charge in [-0.25, -0.2) is 4.98 Å². The predicted molar refractivity (Wildman–Crippen MR) is 105 cm³/mol. The fraction of sp³-hybridized carbons (Fsp3) is 0.421. The zero-order valence-electron chi connectivity index (χ0n) is 14.9. The Labute approximate surface area is 159 Å². The van der Waals surface area contributed by atoms with Gasteiger partial charge in [0.15, 0.2) is 10.9 Å². The third-order valence-corrected chi connectivity index (χ3v) is 6.88. The molecule has 0 atom stereocenters. The van der Waals surface area contributed by atoms with Gasteiger partial charge in [-0.15, -0.1) is 11.3 Å². The zero-order valence-corrected chi connectivity index (χ0v) is 16.6. The SMILES string of the molecule is Cc1cc(C(=O)Cn2c3c(sc2=O)CCCCC3)c(C)n1-c1nccs1. The summed E-state index contributed by atoms with van der Waals surface area (Å²) in [6.07, 6.45) is 7.05. The minimum absolute atomic E-state index is 0.000943. The van der Waals surface area contributed by atoms with Gasteiger partial charge in [-0.2, -0.15) is 0 Å². The molecule has 3 aromatic rings. The van der Waals surface area contributed by atoms with E-state index < -0.39 is 0 Å². The standard InChI is InChI=1S/C19H21N3O2S2/c1-12-10-14(13(2)22(12)18-20-8-9-25-18)16(23)11-21-15-6-4-3-5-7-17(15)26-19(21)24/h8-10H,3-7,11H2,1-2H3. The fourth-order valence-corrected chi connectivity index (χ4v) is 5.58. The summed E-state index contributed by atoms with van der Waals surface area (Å²) in [5.41, 5.74) is 3.63. The maximum Gasteiger partial charge on any atom is 0.307 e. The lowest BCUT2D eigenvalue weighted by molar-refractivity contribution is 0.0969. The van der Waals surface area contributed by atoms with Crippen molar-refractivity contribution in [3.05, 3.63) is 54.8 Å². The Morgan fingerprint density at radius 1 is 1.23 bits per heavy atom. The van der Waals surface area contributed by atoms with Gasteiger partial charge in [-0.1, -0.05) is 17.8 Å². The minimum Gasteiger partial charge on any atom is -0.295 e. The molecule has 0 amide bonds. The highest BCUT2D eigenvalue weighted by atomic mass is 32.1. The molecule has 136 valence electrons. The Morgan fingerprint density at radius 2 is 2.04 bits per heavy atom. The first-order chi connectivity index (χ1) is 12.6. The van der Waals surface area contributed by atoms with Crippen LogP contribution < -0.4 is 4.87 Å². The van der Waals surface area contributed by atoms with Crippen LogP contribution in [0.1, 0.15) is 51.6 Å². The summed E-state index contributed by atoms with van der Waals surface area (Å²) in [7, 11) is 0. The van der Waals surface area contributed by atoms with Gasteiger partial charge in [0.25, 0.3) is 0 Å².